The third-order valence-electron chi connectivity index (χ3n) is 3.72. The van der Waals surface area contributed by atoms with E-state index in [1.165, 1.54) is 5.56 Å². The van der Waals surface area contributed by atoms with Gasteiger partial charge in [-0.15, -0.1) is 11.8 Å². The molecule has 0 aliphatic carbocycles. The molecule has 0 aromatic carbocycles. The average Bonchev–Trinajstić information content (AvgIpc) is 3.15. The van der Waals surface area contributed by atoms with Crippen molar-refractivity contribution >= 4 is 34.8 Å². The van der Waals surface area contributed by atoms with E-state index in [1.807, 2.05) is 25.1 Å². The molecule has 3 aromatic heterocycles. The zero-order chi connectivity index (χ0) is 15.8. The van der Waals surface area contributed by atoms with Gasteiger partial charge in [-0.2, -0.15) is 21.1 Å². The lowest BCUT2D eigenvalue weighted by Gasteiger charge is -2.13. The first-order valence-corrected chi connectivity index (χ1v) is 9.17. The smallest absolute Gasteiger partial charge is 0.235 e. The fourth-order valence-electron chi connectivity index (χ4n) is 2.72. The van der Waals surface area contributed by atoms with Crippen LogP contribution in [0.5, 0.6) is 0 Å². The molecule has 1 atom stereocenters. The third-order valence-corrected chi connectivity index (χ3v) is 5.69. The van der Waals surface area contributed by atoms with Crippen molar-refractivity contribution in [1.29, 1.82) is 0 Å². The van der Waals surface area contributed by atoms with Gasteiger partial charge in [-0.1, -0.05) is 6.07 Å². The summed E-state index contributed by atoms with van der Waals surface area (Å²) in [6.45, 7) is 1.98. The zero-order valence-electron chi connectivity index (χ0n) is 12.4. The average molecular weight is 342 g/mol. The van der Waals surface area contributed by atoms with Gasteiger partial charge in [0.15, 0.2) is 5.82 Å². The number of aryl methyl sites for hydroxylation is 1. The first-order valence-electron chi connectivity index (χ1n) is 7.18. The van der Waals surface area contributed by atoms with Crippen molar-refractivity contribution in [2.24, 2.45) is 0 Å². The molecule has 0 saturated carbocycles. The standard InChI is InChI=1S/C16H14N4OS2/c1-10-14-15(11-5-7-22-8-11)23-9-13(21)18-16(14)20(19-10)12-4-2-3-6-17-12/h2-8,15H,9H2,1H3,(H,18,21)/t15-/m0/s1. The normalized spacial score (nSPS) is 17.4. The lowest BCUT2D eigenvalue weighted by atomic mass is 10.1. The highest BCUT2D eigenvalue weighted by Gasteiger charge is 2.30. The Labute approximate surface area is 141 Å². The molecule has 1 aliphatic rings. The largest absolute Gasteiger partial charge is 0.310 e. The maximum absolute atomic E-state index is 12.2. The molecule has 4 rings (SSSR count). The summed E-state index contributed by atoms with van der Waals surface area (Å²) in [5.41, 5.74) is 3.18. The zero-order valence-corrected chi connectivity index (χ0v) is 14.0. The van der Waals surface area contributed by atoms with E-state index >= 15 is 0 Å². The number of fused-ring (bicyclic) bond motifs is 1. The van der Waals surface area contributed by atoms with Gasteiger partial charge in [0, 0.05) is 11.8 Å². The molecule has 0 spiro atoms. The van der Waals surface area contributed by atoms with Crippen LogP contribution in [0, 0.1) is 6.92 Å². The second-order valence-electron chi connectivity index (χ2n) is 5.24. The Morgan fingerprint density at radius 3 is 3.00 bits per heavy atom. The minimum absolute atomic E-state index is 0.00828. The Hall–Kier alpha value is -2.12. The topological polar surface area (TPSA) is 59.8 Å². The summed E-state index contributed by atoms with van der Waals surface area (Å²) in [5.74, 6) is 1.85. The number of rotatable bonds is 2. The molecule has 0 unspecified atom stereocenters. The predicted octanol–water partition coefficient (Wildman–Crippen LogP) is 3.41. The highest BCUT2D eigenvalue weighted by molar-refractivity contribution is 8.00. The molecule has 1 N–H and O–H groups in total. The number of carbonyl (C=O) groups excluding carboxylic acids is 1. The minimum atomic E-state index is -0.00828. The number of hydrogen-bond donors (Lipinski definition) is 1. The van der Waals surface area contributed by atoms with Crippen LogP contribution in [0.15, 0.2) is 41.2 Å². The molecule has 5 nitrogen and oxygen atoms in total. The number of nitrogens with one attached hydrogen (secondary N) is 1. The van der Waals surface area contributed by atoms with Crippen LogP contribution >= 0.6 is 23.1 Å². The highest BCUT2D eigenvalue weighted by atomic mass is 32.2. The number of anilines is 1. The number of carbonyl (C=O) groups is 1. The Kier molecular flexibility index (Phi) is 3.66. The minimum Gasteiger partial charge on any atom is -0.310 e. The van der Waals surface area contributed by atoms with E-state index in [0.29, 0.717) is 11.6 Å². The molecular formula is C16H14N4OS2. The van der Waals surface area contributed by atoms with Gasteiger partial charge < -0.3 is 5.32 Å². The van der Waals surface area contributed by atoms with Crippen LogP contribution < -0.4 is 5.32 Å². The van der Waals surface area contributed by atoms with Gasteiger partial charge in [0.1, 0.15) is 5.82 Å². The third kappa shape index (κ3) is 2.55. The maximum Gasteiger partial charge on any atom is 0.235 e. The lowest BCUT2D eigenvalue weighted by Crippen LogP contribution is -2.16. The summed E-state index contributed by atoms with van der Waals surface area (Å²) >= 11 is 3.30. The van der Waals surface area contributed by atoms with E-state index < -0.39 is 0 Å². The molecule has 0 fully saturated rings. The van der Waals surface area contributed by atoms with Crippen LogP contribution in [-0.4, -0.2) is 26.4 Å². The molecule has 0 bridgehead atoms. The van der Waals surface area contributed by atoms with Crippen LogP contribution in [0.1, 0.15) is 22.1 Å². The number of hydrogen-bond acceptors (Lipinski definition) is 5. The Bertz CT molecular complexity index is 843. The second kappa shape index (κ2) is 5.82. The second-order valence-corrected chi connectivity index (χ2v) is 7.12. The van der Waals surface area contributed by atoms with Gasteiger partial charge in [-0.05, 0) is 41.4 Å². The van der Waals surface area contributed by atoms with E-state index in [2.05, 4.69) is 32.2 Å². The molecule has 1 aliphatic heterocycles. The number of thiophene rings is 1. The lowest BCUT2D eigenvalue weighted by molar-refractivity contribution is -0.113. The monoisotopic (exact) mass is 342 g/mol. The van der Waals surface area contributed by atoms with Crippen molar-refractivity contribution in [3.05, 3.63) is 58.0 Å². The summed E-state index contributed by atoms with van der Waals surface area (Å²) in [6.07, 6.45) is 1.72. The molecular weight excluding hydrogens is 328 g/mol. The summed E-state index contributed by atoms with van der Waals surface area (Å²) in [4.78, 5) is 16.5. The number of nitrogens with zero attached hydrogens (tertiary/aromatic N) is 3. The van der Waals surface area contributed by atoms with Crippen molar-refractivity contribution in [2.75, 3.05) is 11.1 Å². The van der Waals surface area contributed by atoms with Crippen molar-refractivity contribution in [2.45, 2.75) is 12.2 Å². The van der Waals surface area contributed by atoms with Crippen LogP contribution in [0.25, 0.3) is 5.82 Å². The summed E-state index contributed by atoms with van der Waals surface area (Å²) in [6, 6.07) is 7.77. The van der Waals surface area contributed by atoms with Crippen molar-refractivity contribution in [1.82, 2.24) is 14.8 Å². The first-order chi connectivity index (χ1) is 11.2. The quantitative estimate of drug-likeness (QED) is 0.775. The van der Waals surface area contributed by atoms with Gasteiger partial charge in [-0.3, -0.25) is 4.79 Å². The molecule has 0 radical (unpaired) electrons. The molecule has 7 heteroatoms. The van der Waals surface area contributed by atoms with Crippen molar-refractivity contribution in [3.8, 4) is 5.82 Å². The predicted molar refractivity (Wildman–Crippen MR) is 93.3 cm³/mol. The molecule has 116 valence electrons. The summed E-state index contributed by atoms with van der Waals surface area (Å²) < 4.78 is 1.73. The maximum atomic E-state index is 12.2. The number of aromatic nitrogens is 3. The summed E-state index contributed by atoms with van der Waals surface area (Å²) in [7, 11) is 0. The van der Waals surface area contributed by atoms with E-state index in [4.69, 9.17) is 0 Å². The van der Waals surface area contributed by atoms with E-state index in [-0.39, 0.29) is 11.2 Å². The van der Waals surface area contributed by atoms with Gasteiger partial charge >= 0.3 is 0 Å². The Morgan fingerprint density at radius 2 is 2.26 bits per heavy atom. The summed E-state index contributed by atoms with van der Waals surface area (Å²) in [5, 5.41) is 11.9. The SMILES string of the molecule is Cc1nn(-c2ccccn2)c2c1[C@H](c1ccsc1)SCC(=O)N2. The fraction of sp³-hybridized carbons (Fsp3) is 0.188. The highest BCUT2D eigenvalue weighted by Crippen LogP contribution is 2.44. The van der Waals surface area contributed by atoms with Gasteiger partial charge in [0.2, 0.25) is 5.91 Å². The molecule has 1 amide bonds. The van der Waals surface area contributed by atoms with Gasteiger partial charge in [-0.25, -0.2) is 4.98 Å². The molecule has 23 heavy (non-hydrogen) atoms. The van der Waals surface area contributed by atoms with Crippen molar-refractivity contribution < 1.29 is 4.79 Å². The number of pyridine rings is 1. The first kappa shape index (κ1) is 14.5. The van der Waals surface area contributed by atoms with Crippen LogP contribution in [-0.2, 0) is 4.79 Å². The van der Waals surface area contributed by atoms with Crippen LogP contribution in [0.2, 0.25) is 0 Å². The fourth-order valence-corrected chi connectivity index (χ4v) is 4.67. The Morgan fingerprint density at radius 1 is 1.35 bits per heavy atom. The van der Waals surface area contributed by atoms with E-state index in [1.54, 1.807) is 34.0 Å². The van der Waals surface area contributed by atoms with E-state index in [9.17, 15) is 4.79 Å². The van der Waals surface area contributed by atoms with Gasteiger partial charge in [0.25, 0.3) is 0 Å². The van der Waals surface area contributed by atoms with Crippen LogP contribution in [0.4, 0.5) is 5.82 Å². The van der Waals surface area contributed by atoms with Crippen molar-refractivity contribution in [3.63, 3.8) is 0 Å². The molecule has 3 aromatic rings. The van der Waals surface area contributed by atoms with Crippen LogP contribution in [0.3, 0.4) is 0 Å². The van der Waals surface area contributed by atoms with E-state index in [0.717, 1.165) is 17.1 Å². The molecule has 4 heterocycles. The molecule has 0 saturated heterocycles. The number of amides is 1. The number of thioether (sulfide) groups is 1. The Balaban J connectivity index is 1.91. The van der Waals surface area contributed by atoms with Gasteiger partial charge in [0.05, 0.1) is 16.7 Å².